The molecule has 19 heteroatoms. The molecule has 1 aliphatic heterocycles. The van der Waals surface area contributed by atoms with Crippen molar-refractivity contribution in [3.63, 3.8) is 0 Å². The van der Waals surface area contributed by atoms with Crippen molar-refractivity contribution in [1.29, 1.82) is 0 Å². The molecule has 412 valence electrons. The van der Waals surface area contributed by atoms with E-state index < -0.39 is 30.3 Å². The molecule has 0 unspecified atom stereocenters. The molecule has 1 fully saturated rings. The Morgan fingerprint density at radius 3 is 2.12 bits per heavy atom. The number of aliphatic hydroxyl groups excluding tert-OH is 1. The number of ether oxygens (including phenoxy) is 3. The van der Waals surface area contributed by atoms with E-state index in [1.807, 2.05) is 111 Å². The van der Waals surface area contributed by atoms with Gasteiger partial charge in [0.25, 0.3) is 0 Å². The predicted octanol–water partition coefficient (Wildman–Crippen LogP) is 9.55. The minimum absolute atomic E-state index is 0.0671. The Hall–Kier alpha value is -6.96. The Bertz CT molecular complexity index is 2690. The highest BCUT2D eigenvalue weighted by molar-refractivity contribution is 7.09. The largest absolute Gasteiger partial charge is 0.494 e. The molecule has 0 saturated carbocycles. The van der Waals surface area contributed by atoms with E-state index in [9.17, 15) is 24.3 Å². The Morgan fingerprint density at radius 1 is 0.831 bits per heavy atom. The molecule has 4 atom stereocenters. The van der Waals surface area contributed by atoms with E-state index in [1.54, 1.807) is 49.1 Å². The number of esters is 1. The number of carbonyl (C=O) groups is 4. The molecule has 3 aromatic carbocycles. The lowest BCUT2D eigenvalue weighted by molar-refractivity contribution is -0.124. The lowest BCUT2D eigenvalue weighted by Crippen LogP contribution is -2.55. The summed E-state index contributed by atoms with van der Waals surface area (Å²) in [6.07, 6.45) is 4.15. The molecule has 0 spiro atoms. The number of amides is 4. The molecule has 17 nitrogen and oxygen atoms in total. The van der Waals surface area contributed by atoms with Crippen molar-refractivity contribution in [1.82, 2.24) is 41.0 Å². The van der Waals surface area contributed by atoms with E-state index >= 15 is 0 Å². The van der Waals surface area contributed by atoms with Crippen LogP contribution < -0.4 is 25.6 Å². The number of aryl methyl sites for hydroxylation is 1. The average molecular weight is 1090 g/mol. The number of hydrogen-bond acceptors (Lipinski definition) is 15. The number of nitrogens with zero attached hydrogens (tertiary/aromatic N) is 6. The zero-order chi connectivity index (χ0) is 55.1. The van der Waals surface area contributed by atoms with Gasteiger partial charge in [-0.15, -0.1) is 27.8 Å². The number of thiazole rings is 2. The number of nitrogens with one attached hydrogen (secondary N) is 3. The highest BCUT2D eigenvalue weighted by atomic mass is 32.1. The highest BCUT2D eigenvalue weighted by Gasteiger charge is 2.31. The lowest BCUT2D eigenvalue weighted by atomic mass is 9.93. The van der Waals surface area contributed by atoms with E-state index in [2.05, 4.69) is 54.9 Å². The van der Waals surface area contributed by atoms with Gasteiger partial charge in [0.2, 0.25) is 5.91 Å². The van der Waals surface area contributed by atoms with Gasteiger partial charge >= 0.3 is 18.1 Å². The van der Waals surface area contributed by atoms with E-state index in [1.165, 1.54) is 16.2 Å². The summed E-state index contributed by atoms with van der Waals surface area (Å²) in [5.41, 5.74) is 5.85. The van der Waals surface area contributed by atoms with Gasteiger partial charge in [0.05, 0.1) is 64.3 Å². The SMILES string of the molecule is CC(C)c1nc(CN(C)C(=O)N[C@H](C(=O)N[C@@H](Cc2ccccc2)C[C@H](O)[C@H](Cc2ccccc2)NC(=O)OCc2cncs2)C(C)C)cs1.CCOC(=O)c1ccc(OCCC2CCN(c3ccc(C)nn3)CC2)cc1. The minimum atomic E-state index is -1.05. The number of carbonyl (C=O) groups excluding carboxylic acids is 4. The Morgan fingerprint density at radius 2 is 1.52 bits per heavy atom. The summed E-state index contributed by atoms with van der Waals surface area (Å²) in [5, 5.41) is 31.9. The zero-order valence-electron chi connectivity index (χ0n) is 45.3. The van der Waals surface area contributed by atoms with Crippen LogP contribution >= 0.6 is 22.7 Å². The molecule has 4 amide bonds. The zero-order valence-corrected chi connectivity index (χ0v) is 46.9. The normalized spacial score (nSPS) is 14.1. The molecule has 77 heavy (non-hydrogen) atoms. The van der Waals surface area contributed by atoms with E-state index in [4.69, 9.17) is 14.2 Å². The summed E-state index contributed by atoms with van der Waals surface area (Å²) in [6.45, 7) is 15.1. The maximum atomic E-state index is 13.9. The third-order valence-corrected chi connectivity index (χ3v) is 15.0. The molecule has 4 heterocycles. The number of anilines is 1. The van der Waals surface area contributed by atoms with Crippen LogP contribution in [0.1, 0.15) is 109 Å². The van der Waals surface area contributed by atoms with Crippen LogP contribution in [0, 0.1) is 18.8 Å². The molecule has 0 bridgehead atoms. The van der Waals surface area contributed by atoms with Crippen molar-refractivity contribution in [2.75, 3.05) is 38.3 Å². The number of rotatable bonds is 24. The maximum Gasteiger partial charge on any atom is 0.407 e. The topological polar surface area (TPSA) is 210 Å². The maximum absolute atomic E-state index is 13.9. The van der Waals surface area contributed by atoms with Crippen LogP contribution in [0.15, 0.2) is 114 Å². The molecular formula is C58H75N9O8S2. The molecule has 0 radical (unpaired) electrons. The summed E-state index contributed by atoms with van der Waals surface area (Å²) in [6, 6.07) is 28.0. The summed E-state index contributed by atoms with van der Waals surface area (Å²) in [4.78, 5) is 64.9. The number of benzene rings is 3. The van der Waals surface area contributed by atoms with Crippen molar-refractivity contribution in [2.45, 2.75) is 123 Å². The van der Waals surface area contributed by atoms with Crippen LogP contribution in [-0.2, 0) is 40.3 Å². The standard InChI is InChI=1S/C37H48N6O5S2.C21H27N3O3/c1-24(2)33(42-36(46)43(5)20-29-22-49-35(40-29)25(3)4)34(45)39-28(16-26-12-8-6-9-13-26)18-32(44)31(17-27-14-10-7-11-15-27)41-37(47)48-21-30-19-38-23-50-30;1-3-26-21(25)18-5-7-19(8-6-18)27-15-12-17-10-13-24(14-11-17)20-9-4-16(2)22-23-20/h6-15,19,22-25,28,31-33,44H,16-18,20-21H2,1-5H3,(H,39,45)(H,41,47)(H,42,46);4-9,17H,3,10-15H2,1-2H3/t28-,31-,32-,33-;/m0./s1. The lowest BCUT2D eigenvalue weighted by Gasteiger charge is -2.32. The van der Waals surface area contributed by atoms with Crippen molar-refractivity contribution in [3.05, 3.63) is 152 Å². The van der Waals surface area contributed by atoms with E-state index in [0.29, 0.717) is 50.0 Å². The Balaban J connectivity index is 0.000000298. The smallest absolute Gasteiger partial charge is 0.407 e. The summed E-state index contributed by atoms with van der Waals surface area (Å²) >= 11 is 2.95. The molecule has 1 saturated heterocycles. The first-order valence-corrected chi connectivity index (χ1v) is 28.2. The quantitative estimate of drug-likeness (QED) is 0.0417. The van der Waals surface area contributed by atoms with Crippen LogP contribution in [0.25, 0.3) is 0 Å². The first-order valence-electron chi connectivity index (χ1n) is 26.4. The minimum Gasteiger partial charge on any atom is -0.494 e. The van der Waals surface area contributed by atoms with Crippen molar-refractivity contribution >= 4 is 52.5 Å². The van der Waals surface area contributed by atoms with Gasteiger partial charge in [0.1, 0.15) is 18.4 Å². The fourth-order valence-electron chi connectivity index (χ4n) is 8.64. The molecular weight excluding hydrogens is 1010 g/mol. The molecule has 3 aromatic heterocycles. The second-order valence-electron chi connectivity index (χ2n) is 19.9. The number of aliphatic hydroxyl groups is 1. The van der Waals surface area contributed by atoms with E-state index in [-0.39, 0.29) is 36.9 Å². The summed E-state index contributed by atoms with van der Waals surface area (Å²) in [5.74, 6) is 1.85. The number of piperidine rings is 1. The van der Waals surface area contributed by atoms with Gasteiger partial charge in [-0.3, -0.25) is 9.78 Å². The van der Waals surface area contributed by atoms with Gasteiger partial charge in [0.15, 0.2) is 5.82 Å². The van der Waals surface area contributed by atoms with Crippen LogP contribution in [0.3, 0.4) is 0 Å². The molecule has 7 rings (SSSR count). The molecule has 4 N–H and O–H groups in total. The van der Waals surface area contributed by atoms with Crippen LogP contribution in [0.2, 0.25) is 0 Å². The van der Waals surface area contributed by atoms with Gasteiger partial charge in [0, 0.05) is 43.7 Å². The van der Waals surface area contributed by atoms with Gasteiger partial charge in [-0.1, -0.05) is 88.4 Å². The summed E-state index contributed by atoms with van der Waals surface area (Å²) in [7, 11) is 1.68. The number of urea groups is 1. The second kappa shape index (κ2) is 30.7. The Labute approximate surface area is 461 Å². The van der Waals surface area contributed by atoms with Crippen molar-refractivity contribution in [3.8, 4) is 5.75 Å². The fraction of sp³-hybridized carbons (Fsp3) is 0.448. The van der Waals surface area contributed by atoms with Crippen LogP contribution in [0.4, 0.5) is 15.4 Å². The van der Waals surface area contributed by atoms with Crippen LogP contribution in [0.5, 0.6) is 5.75 Å². The summed E-state index contributed by atoms with van der Waals surface area (Å²) < 4.78 is 16.2. The number of hydrogen-bond donors (Lipinski definition) is 4. The highest BCUT2D eigenvalue weighted by Crippen LogP contribution is 2.25. The number of aromatic nitrogens is 4. The first kappa shape index (κ1) is 59.3. The predicted molar refractivity (Wildman–Crippen MR) is 301 cm³/mol. The first-order chi connectivity index (χ1) is 37.1. The fourth-order valence-corrected chi connectivity index (χ4v) is 9.97. The average Bonchev–Trinajstić information content (AvgIpc) is 4.14. The molecule has 6 aromatic rings. The Kier molecular flexibility index (Phi) is 23.6. The van der Waals surface area contributed by atoms with Gasteiger partial charge in [-0.25, -0.2) is 19.4 Å². The van der Waals surface area contributed by atoms with Crippen molar-refractivity contribution in [2.24, 2.45) is 11.8 Å². The third kappa shape index (κ3) is 19.8. The van der Waals surface area contributed by atoms with Gasteiger partial charge in [-0.2, -0.15) is 5.10 Å². The third-order valence-electron chi connectivity index (χ3n) is 13.0. The van der Waals surface area contributed by atoms with Crippen molar-refractivity contribution < 1.29 is 38.5 Å². The molecule has 1 aliphatic rings. The monoisotopic (exact) mass is 1090 g/mol. The molecule has 0 aliphatic carbocycles. The van der Waals surface area contributed by atoms with Gasteiger partial charge < -0.3 is 45.1 Å². The van der Waals surface area contributed by atoms with E-state index in [0.717, 1.165) is 76.3 Å². The second-order valence-corrected chi connectivity index (χ2v) is 21.7. The van der Waals surface area contributed by atoms with Gasteiger partial charge in [-0.05, 0) is 112 Å². The number of alkyl carbamates (subject to hydrolysis) is 1. The van der Waals surface area contributed by atoms with Crippen LogP contribution in [-0.4, -0.2) is 112 Å².